The average Bonchev–Trinajstić information content (AvgIpc) is 3.27. The highest BCUT2D eigenvalue weighted by Crippen LogP contribution is 2.38. The van der Waals surface area contributed by atoms with Gasteiger partial charge in [0.05, 0.1) is 33.8 Å². The predicted molar refractivity (Wildman–Crippen MR) is 279 cm³/mol. The van der Waals surface area contributed by atoms with Gasteiger partial charge in [0.1, 0.15) is 19.3 Å². The molecule has 0 aliphatic rings. The van der Waals surface area contributed by atoms with E-state index >= 15 is 0 Å². The fourth-order valence-electron chi connectivity index (χ4n) is 7.14. The van der Waals surface area contributed by atoms with Crippen LogP contribution in [0.2, 0.25) is 0 Å². The normalized spacial score (nSPS) is 14.6. The zero-order valence-corrected chi connectivity index (χ0v) is 44.0. The molecule has 1 amide bonds. The molecule has 1 N–H and O–H groups in total. The molecule has 3 atom stereocenters. The third-order valence-corrected chi connectivity index (χ3v) is 12.2. The number of hydrogen-bond acceptors (Lipinski definition) is 7. The molecule has 380 valence electrons. The molecule has 0 aliphatic heterocycles. The number of rotatable bonds is 46. The van der Waals surface area contributed by atoms with Gasteiger partial charge in [-0.1, -0.05) is 228 Å². The summed E-state index contributed by atoms with van der Waals surface area (Å²) in [5, 5.41) is 2.98. The van der Waals surface area contributed by atoms with Gasteiger partial charge >= 0.3 is 5.97 Å². The smallest absolute Gasteiger partial charge is 0.306 e. The second-order valence-electron chi connectivity index (χ2n) is 18.8. The minimum absolute atomic E-state index is 0.0345. The van der Waals surface area contributed by atoms with Crippen LogP contribution < -0.4 is 10.2 Å². The molecule has 0 fully saturated rings. The molecule has 9 nitrogen and oxygen atoms in total. The van der Waals surface area contributed by atoms with Crippen molar-refractivity contribution >= 4 is 19.7 Å². The highest BCUT2D eigenvalue weighted by Gasteiger charge is 2.27. The summed E-state index contributed by atoms with van der Waals surface area (Å²) in [7, 11) is 1.14. The lowest BCUT2D eigenvalue weighted by Crippen LogP contribution is -2.47. The first-order valence-corrected chi connectivity index (χ1v) is 27.9. The maximum Gasteiger partial charge on any atom is 0.306 e. The standard InChI is InChI=1S/C56H99N2O7P/c1-7-10-13-16-19-22-25-27-28-29-30-31-34-36-39-42-45-48-55(59)57-53(52-64-66(61,62)63-51-50-58(4,5)6)54(47-44-41-38-35-33-26-23-20-17-14-11-8-2)65-56(60)49-46-43-40-37-32-24-21-18-15-12-9-3/h10,13,16,19,22,25,27-31,34,44,47,53-54H,7-9,11-12,14-15,17-18,20-21,23-24,26,32-33,35-43,45-46,48-52H2,1-6H3,(H-,57,59,61,62)/b13-10-,19-16+,25-22+,28-27-,30-29+,34-31+,47-44-. The molecule has 0 aromatic rings. The Hall–Kier alpha value is -2.81. The second-order valence-corrected chi connectivity index (χ2v) is 20.2. The molecule has 0 saturated heterocycles. The first kappa shape index (κ1) is 63.2. The summed E-state index contributed by atoms with van der Waals surface area (Å²) >= 11 is 0. The van der Waals surface area contributed by atoms with Crippen molar-refractivity contribution in [2.45, 2.75) is 219 Å². The summed E-state index contributed by atoms with van der Waals surface area (Å²) in [5.74, 6) is -0.598. The number of carbonyl (C=O) groups is 2. The van der Waals surface area contributed by atoms with Gasteiger partial charge in [-0.15, -0.1) is 0 Å². The summed E-state index contributed by atoms with van der Waals surface area (Å²) < 4.78 is 30.1. The van der Waals surface area contributed by atoms with Crippen LogP contribution in [0, 0.1) is 0 Å². The summed E-state index contributed by atoms with van der Waals surface area (Å²) in [6.45, 7) is 6.62. The molecule has 0 spiro atoms. The van der Waals surface area contributed by atoms with Crippen LogP contribution in [0.1, 0.15) is 207 Å². The van der Waals surface area contributed by atoms with E-state index in [0.29, 0.717) is 17.4 Å². The fourth-order valence-corrected chi connectivity index (χ4v) is 7.86. The van der Waals surface area contributed by atoms with Crippen molar-refractivity contribution in [1.29, 1.82) is 0 Å². The fraction of sp³-hybridized carbons (Fsp3) is 0.714. The molecule has 0 bridgehead atoms. The lowest BCUT2D eigenvalue weighted by Gasteiger charge is -2.30. The minimum Gasteiger partial charge on any atom is -0.756 e. The van der Waals surface area contributed by atoms with Crippen molar-refractivity contribution in [3.63, 3.8) is 0 Å². The van der Waals surface area contributed by atoms with Crippen LogP contribution >= 0.6 is 7.82 Å². The van der Waals surface area contributed by atoms with Crippen LogP contribution in [0.3, 0.4) is 0 Å². The molecular weight excluding hydrogens is 844 g/mol. The number of nitrogens with one attached hydrogen (secondary N) is 1. The molecule has 0 rings (SSSR count). The van der Waals surface area contributed by atoms with Crippen LogP contribution in [0.15, 0.2) is 85.1 Å². The van der Waals surface area contributed by atoms with Gasteiger partial charge in [-0.3, -0.25) is 14.2 Å². The van der Waals surface area contributed by atoms with Crippen LogP contribution in [-0.2, 0) is 27.9 Å². The number of unbranched alkanes of at least 4 members (excludes halogenated alkanes) is 23. The van der Waals surface area contributed by atoms with Crippen molar-refractivity contribution in [2.24, 2.45) is 0 Å². The molecule has 10 heteroatoms. The SMILES string of the molecule is CC\C=C/C=C/C=C/C=C\C=C\C=C\CCCCCC(=O)NC(COP(=O)([O-])OCC[N+](C)(C)C)C(/C=C\CCCCCCCCCCCC)OC(=O)CCCCCCCCCCCCC. The first-order valence-electron chi connectivity index (χ1n) is 26.5. The molecule has 0 heterocycles. The van der Waals surface area contributed by atoms with Crippen molar-refractivity contribution in [2.75, 3.05) is 40.9 Å². The van der Waals surface area contributed by atoms with Crippen LogP contribution in [-0.4, -0.2) is 69.4 Å². The van der Waals surface area contributed by atoms with Gasteiger partial charge < -0.3 is 28.5 Å². The number of ether oxygens (including phenoxy) is 1. The zero-order chi connectivity index (χ0) is 48.7. The van der Waals surface area contributed by atoms with Gasteiger partial charge in [-0.2, -0.15) is 0 Å². The number of quaternary nitrogens is 1. The van der Waals surface area contributed by atoms with Gasteiger partial charge in [0.25, 0.3) is 7.82 Å². The third kappa shape index (κ3) is 46.3. The molecule has 0 radical (unpaired) electrons. The monoisotopic (exact) mass is 943 g/mol. The molecule has 0 saturated carbocycles. The van der Waals surface area contributed by atoms with Crippen LogP contribution in [0.5, 0.6) is 0 Å². The maximum absolute atomic E-state index is 13.4. The van der Waals surface area contributed by atoms with Gasteiger partial charge in [-0.25, -0.2) is 0 Å². The van der Waals surface area contributed by atoms with Gasteiger partial charge in [-0.05, 0) is 51.0 Å². The number of phosphoric acid groups is 1. The van der Waals surface area contributed by atoms with Crippen molar-refractivity contribution < 1.29 is 37.3 Å². The molecule has 66 heavy (non-hydrogen) atoms. The van der Waals surface area contributed by atoms with E-state index in [0.717, 1.165) is 64.2 Å². The lowest BCUT2D eigenvalue weighted by molar-refractivity contribution is -0.870. The third-order valence-electron chi connectivity index (χ3n) is 11.3. The van der Waals surface area contributed by atoms with Crippen LogP contribution in [0.4, 0.5) is 0 Å². The van der Waals surface area contributed by atoms with E-state index in [4.69, 9.17) is 13.8 Å². The number of carbonyl (C=O) groups excluding carboxylic acids is 2. The van der Waals surface area contributed by atoms with E-state index in [1.807, 2.05) is 94.1 Å². The van der Waals surface area contributed by atoms with Gasteiger partial charge in [0.2, 0.25) is 5.91 Å². The first-order chi connectivity index (χ1) is 31.9. The topological polar surface area (TPSA) is 114 Å². The Morgan fingerprint density at radius 1 is 0.545 bits per heavy atom. The van der Waals surface area contributed by atoms with E-state index in [2.05, 4.69) is 38.2 Å². The number of likely N-dealkylation sites (N-methyl/N-ethyl adjacent to an activating group) is 1. The number of esters is 1. The highest BCUT2D eigenvalue weighted by molar-refractivity contribution is 7.45. The summed E-state index contributed by atoms with van der Waals surface area (Å²) in [6, 6.07) is -0.911. The summed E-state index contributed by atoms with van der Waals surface area (Å²) in [4.78, 5) is 39.7. The van der Waals surface area contributed by atoms with E-state index in [1.54, 1.807) is 0 Å². The van der Waals surface area contributed by atoms with Crippen molar-refractivity contribution in [3.8, 4) is 0 Å². The van der Waals surface area contributed by atoms with Gasteiger partial charge in [0, 0.05) is 12.8 Å². The summed E-state index contributed by atoms with van der Waals surface area (Å²) in [6.07, 6.45) is 58.3. The molecule has 0 aliphatic carbocycles. The Morgan fingerprint density at radius 2 is 0.970 bits per heavy atom. The zero-order valence-electron chi connectivity index (χ0n) is 43.1. The highest BCUT2D eigenvalue weighted by atomic mass is 31.2. The van der Waals surface area contributed by atoms with E-state index in [1.165, 1.54) is 103 Å². The Kier molecular flexibility index (Phi) is 44.0. The Balaban J connectivity index is 5.51. The minimum atomic E-state index is -4.70. The lowest BCUT2D eigenvalue weighted by atomic mass is 10.0. The Labute approximate surface area is 406 Å². The molecule has 3 unspecified atom stereocenters. The van der Waals surface area contributed by atoms with Crippen molar-refractivity contribution in [3.05, 3.63) is 85.1 Å². The maximum atomic E-state index is 13.4. The van der Waals surface area contributed by atoms with E-state index < -0.39 is 26.6 Å². The number of hydrogen-bond donors (Lipinski definition) is 1. The molecular formula is C56H99N2O7P. The second kappa shape index (κ2) is 45.9. The number of nitrogens with zero attached hydrogens (tertiary/aromatic N) is 1. The Bertz CT molecular complexity index is 1410. The largest absolute Gasteiger partial charge is 0.756 e. The Morgan fingerprint density at radius 3 is 1.47 bits per heavy atom. The number of allylic oxidation sites excluding steroid dienone is 13. The summed E-state index contributed by atoms with van der Waals surface area (Å²) in [5.41, 5.74) is 0. The van der Waals surface area contributed by atoms with Gasteiger partial charge in [0.15, 0.2) is 0 Å². The predicted octanol–water partition coefficient (Wildman–Crippen LogP) is 14.9. The van der Waals surface area contributed by atoms with Crippen LogP contribution in [0.25, 0.3) is 0 Å². The van der Waals surface area contributed by atoms with E-state index in [9.17, 15) is 19.0 Å². The molecule has 0 aromatic carbocycles. The quantitative estimate of drug-likeness (QED) is 0.0161. The molecule has 0 aromatic heterocycles. The number of phosphoric ester groups is 1. The van der Waals surface area contributed by atoms with Crippen molar-refractivity contribution in [1.82, 2.24) is 5.32 Å². The average molecular weight is 943 g/mol. The number of amides is 1. The van der Waals surface area contributed by atoms with E-state index in [-0.39, 0.29) is 31.3 Å².